The number of carbonyl (C=O) groups is 2. The van der Waals surface area contributed by atoms with Gasteiger partial charge in [0.05, 0.1) is 17.8 Å². The molecule has 7 nitrogen and oxygen atoms in total. The summed E-state index contributed by atoms with van der Waals surface area (Å²) in [5.41, 5.74) is 3.39. The highest BCUT2D eigenvalue weighted by atomic mass is 16.2. The lowest BCUT2D eigenvalue weighted by molar-refractivity contribution is -0.577. The highest BCUT2D eigenvalue weighted by Crippen LogP contribution is 2.31. The Hall–Kier alpha value is -4.52. The van der Waals surface area contributed by atoms with Crippen LogP contribution < -0.4 is 10.1 Å². The summed E-state index contributed by atoms with van der Waals surface area (Å²) < 4.78 is 3.14. The summed E-state index contributed by atoms with van der Waals surface area (Å²) in [7, 11) is 0. The molecular weight excluding hydrogens is 464 g/mol. The van der Waals surface area contributed by atoms with E-state index in [9.17, 15) is 14.4 Å². The average Bonchev–Trinajstić information content (AvgIpc) is 3.37. The van der Waals surface area contributed by atoms with Gasteiger partial charge in [-0.3, -0.25) is 24.4 Å². The molecule has 0 radical (unpaired) electrons. The quantitative estimate of drug-likeness (QED) is 0.299. The molecule has 0 unspecified atom stereocenters. The predicted octanol–water partition coefficient (Wildman–Crippen LogP) is 3.91. The van der Waals surface area contributed by atoms with Gasteiger partial charge >= 0.3 is 5.91 Å². The zero-order chi connectivity index (χ0) is 25.9. The maximum absolute atomic E-state index is 14.0. The molecule has 2 aromatic heterocycles. The molecular formula is C30H29N4O3+. The van der Waals surface area contributed by atoms with Crippen LogP contribution in [0.2, 0.25) is 0 Å². The highest BCUT2D eigenvalue weighted by molar-refractivity contribution is 6.44. The molecule has 1 aliphatic heterocycles. The van der Waals surface area contributed by atoms with Crippen molar-refractivity contribution in [2.75, 3.05) is 0 Å². The molecule has 0 saturated carbocycles. The minimum absolute atomic E-state index is 0.125. The number of aryl methyl sites for hydroxylation is 2. The maximum Gasteiger partial charge on any atom is 0.327 e. The lowest BCUT2D eigenvalue weighted by Crippen LogP contribution is -2.39. The number of imide groups is 1. The second-order valence-electron chi connectivity index (χ2n) is 9.07. The summed E-state index contributed by atoms with van der Waals surface area (Å²) in [4.78, 5) is 43.0. The van der Waals surface area contributed by atoms with Crippen LogP contribution in [0.3, 0.4) is 0 Å². The molecule has 2 aromatic carbocycles. The van der Waals surface area contributed by atoms with Gasteiger partial charge in [-0.1, -0.05) is 68.8 Å². The molecule has 0 aliphatic carbocycles. The van der Waals surface area contributed by atoms with Gasteiger partial charge in [0, 0.05) is 17.3 Å². The molecule has 186 valence electrons. The number of hydrogen-bond donors (Lipinski definition) is 1. The molecule has 2 amide bonds. The Balaban J connectivity index is 1.74. The second kappa shape index (κ2) is 10.2. The molecule has 3 heterocycles. The van der Waals surface area contributed by atoms with E-state index >= 15 is 0 Å². The third-order valence-electron chi connectivity index (χ3n) is 6.59. The van der Waals surface area contributed by atoms with Crippen LogP contribution in [-0.4, -0.2) is 26.5 Å². The van der Waals surface area contributed by atoms with Crippen molar-refractivity contribution in [3.63, 3.8) is 0 Å². The van der Waals surface area contributed by atoms with Crippen molar-refractivity contribution in [2.24, 2.45) is 0 Å². The molecule has 0 fully saturated rings. The highest BCUT2D eigenvalue weighted by Gasteiger charge is 2.47. The number of hydrogen-bond acceptors (Lipinski definition) is 3. The number of aromatic amines is 1. The molecule has 0 bridgehead atoms. The zero-order valence-electron chi connectivity index (χ0n) is 21.0. The largest absolute Gasteiger partial charge is 0.327 e. The molecule has 0 spiro atoms. The van der Waals surface area contributed by atoms with Gasteiger partial charge in [0.2, 0.25) is 0 Å². The number of aromatic nitrogens is 3. The summed E-state index contributed by atoms with van der Waals surface area (Å²) in [6.07, 6.45) is 5.70. The van der Waals surface area contributed by atoms with Crippen molar-refractivity contribution in [1.29, 1.82) is 0 Å². The number of rotatable bonds is 8. The van der Waals surface area contributed by atoms with E-state index in [0.717, 1.165) is 24.0 Å². The number of carbonyl (C=O) groups excluding carboxylic acids is 2. The number of amides is 2. The van der Waals surface area contributed by atoms with E-state index in [4.69, 9.17) is 0 Å². The van der Waals surface area contributed by atoms with Crippen LogP contribution >= 0.6 is 0 Å². The Kier molecular flexibility index (Phi) is 6.68. The Morgan fingerprint density at radius 2 is 1.49 bits per heavy atom. The van der Waals surface area contributed by atoms with Gasteiger partial charge in [-0.15, -0.1) is 0 Å². The van der Waals surface area contributed by atoms with E-state index in [-0.39, 0.29) is 28.9 Å². The van der Waals surface area contributed by atoms with E-state index in [1.165, 1.54) is 9.58 Å². The number of benzene rings is 2. The van der Waals surface area contributed by atoms with E-state index < -0.39 is 11.8 Å². The van der Waals surface area contributed by atoms with Crippen LogP contribution in [0.25, 0.3) is 17.0 Å². The number of nitrogens with zero attached hydrogens (tertiary/aromatic N) is 3. The number of pyridine rings is 1. The van der Waals surface area contributed by atoms with Gasteiger partial charge in [0.25, 0.3) is 17.2 Å². The summed E-state index contributed by atoms with van der Waals surface area (Å²) in [6, 6.07) is 22.5. The fourth-order valence-electron chi connectivity index (χ4n) is 4.74. The SMILES string of the molecule is CCCc1[nH]n(-c2ccccc2)c(=O)c1C1=C([n+]2cccc(CC)c2)C(=O)N(Cc2ccccc2)C1=O. The molecule has 4 aromatic rings. The minimum Gasteiger partial charge on any atom is -0.294 e. The number of nitrogens with one attached hydrogen (secondary N) is 1. The molecule has 1 aliphatic rings. The predicted molar refractivity (Wildman–Crippen MR) is 142 cm³/mol. The maximum atomic E-state index is 14.0. The van der Waals surface area contributed by atoms with Crippen LogP contribution in [0.15, 0.2) is 90.0 Å². The van der Waals surface area contributed by atoms with Gasteiger partial charge in [0.15, 0.2) is 12.4 Å². The lowest BCUT2D eigenvalue weighted by atomic mass is 10.0. The summed E-state index contributed by atoms with van der Waals surface area (Å²) in [5, 5.41) is 3.22. The van der Waals surface area contributed by atoms with Crippen molar-refractivity contribution in [3.05, 3.63) is 118 Å². The minimum atomic E-state index is -0.466. The van der Waals surface area contributed by atoms with Gasteiger partial charge in [-0.25, -0.2) is 4.68 Å². The fourth-order valence-corrected chi connectivity index (χ4v) is 4.74. The average molecular weight is 494 g/mol. The number of H-pyrrole nitrogens is 1. The topological polar surface area (TPSA) is 79.1 Å². The fraction of sp³-hybridized carbons (Fsp3) is 0.200. The van der Waals surface area contributed by atoms with Crippen molar-refractivity contribution >= 4 is 23.1 Å². The van der Waals surface area contributed by atoms with Crippen molar-refractivity contribution in [1.82, 2.24) is 14.7 Å². The van der Waals surface area contributed by atoms with Gasteiger partial charge in [-0.2, -0.15) is 4.57 Å². The third-order valence-corrected chi connectivity index (χ3v) is 6.59. The van der Waals surface area contributed by atoms with Gasteiger partial charge < -0.3 is 0 Å². The van der Waals surface area contributed by atoms with Crippen molar-refractivity contribution in [3.8, 4) is 5.69 Å². The molecule has 37 heavy (non-hydrogen) atoms. The van der Waals surface area contributed by atoms with Crippen LogP contribution in [0.5, 0.6) is 0 Å². The second-order valence-corrected chi connectivity index (χ2v) is 9.07. The molecule has 0 atom stereocenters. The Morgan fingerprint density at radius 1 is 0.811 bits per heavy atom. The Bertz CT molecular complexity index is 1550. The van der Waals surface area contributed by atoms with Crippen LogP contribution in [0, 0.1) is 0 Å². The van der Waals surface area contributed by atoms with Crippen LogP contribution in [-0.2, 0) is 29.0 Å². The summed E-state index contributed by atoms with van der Waals surface area (Å²) in [5.74, 6) is -0.886. The summed E-state index contributed by atoms with van der Waals surface area (Å²) in [6.45, 7) is 4.17. The Labute approximate surface area is 215 Å². The first kappa shape index (κ1) is 24.2. The smallest absolute Gasteiger partial charge is 0.294 e. The zero-order valence-corrected chi connectivity index (χ0v) is 21.0. The van der Waals surface area contributed by atoms with Crippen molar-refractivity contribution in [2.45, 2.75) is 39.7 Å². The monoisotopic (exact) mass is 493 g/mol. The van der Waals surface area contributed by atoms with E-state index in [1.54, 1.807) is 10.8 Å². The summed E-state index contributed by atoms with van der Waals surface area (Å²) >= 11 is 0. The van der Waals surface area contributed by atoms with Crippen LogP contribution in [0.1, 0.15) is 42.7 Å². The van der Waals surface area contributed by atoms with E-state index in [0.29, 0.717) is 17.8 Å². The van der Waals surface area contributed by atoms with E-state index in [1.807, 2.05) is 92.8 Å². The third kappa shape index (κ3) is 4.44. The first-order valence-electron chi connectivity index (χ1n) is 12.6. The first-order valence-corrected chi connectivity index (χ1v) is 12.6. The van der Waals surface area contributed by atoms with Gasteiger partial charge in [-0.05, 0) is 36.6 Å². The molecule has 0 saturated heterocycles. The lowest BCUT2D eigenvalue weighted by Gasteiger charge is -2.13. The molecule has 7 heteroatoms. The van der Waals surface area contributed by atoms with Gasteiger partial charge in [0.1, 0.15) is 5.57 Å². The molecule has 5 rings (SSSR count). The molecule has 1 N–H and O–H groups in total. The van der Waals surface area contributed by atoms with E-state index in [2.05, 4.69) is 5.10 Å². The first-order chi connectivity index (χ1) is 18.0. The number of para-hydroxylation sites is 1. The Morgan fingerprint density at radius 3 is 2.16 bits per heavy atom. The van der Waals surface area contributed by atoms with Crippen molar-refractivity contribution < 1.29 is 14.2 Å². The standard InChI is InChI=1S/C30H28N4O3/c1-3-12-24-25(29(36)34(31-24)23-16-9-6-10-17-23)26-27(32-18-11-15-21(4-2)19-32)30(37)33(28(26)35)20-22-13-7-5-8-14-22/h5-11,13-19H,3-4,12,20H2,1-2H3/p+1. The normalized spacial score (nSPS) is 13.6. The van der Waals surface area contributed by atoms with Crippen LogP contribution in [0.4, 0.5) is 0 Å².